The van der Waals surface area contributed by atoms with E-state index in [9.17, 15) is 4.79 Å². The van der Waals surface area contributed by atoms with Gasteiger partial charge in [0.15, 0.2) is 0 Å². The van der Waals surface area contributed by atoms with Gasteiger partial charge in [-0.15, -0.1) is 0 Å². The number of carbonyl (C=O) groups excluding carboxylic acids is 1. The van der Waals surface area contributed by atoms with E-state index in [2.05, 4.69) is 20.7 Å². The Labute approximate surface area is 87.9 Å². The van der Waals surface area contributed by atoms with E-state index in [0.29, 0.717) is 6.61 Å². The smallest absolute Gasteiger partial charge is 0.321 e. The van der Waals surface area contributed by atoms with Crippen LogP contribution in [0.5, 0.6) is 0 Å². The van der Waals surface area contributed by atoms with Gasteiger partial charge in [-0.05, 0) is 20.3 Å². The number of hydrogen-bond donors (Lipinski definition) is 0. The predicted molar refractivity (Wildman–Crippen MR) is 55.1 cm³/mol. The number of carbonyl (C=O) groups is 1. The lowest BCUT2D eigenvalue weighted by Crippen LogP contribution is -2.30. The molecule has 1 unspecified atom stereocenters. The van der Waals surface area contributed by atoms with E-state index in [0.717, 1.165) is 6.42 Å². The monoisotopic (exact) mass is 252 g/mol. The lowest BCUT2D eigenvalue weighted by molar-refractivity contribution is -0.142. The Morgan fingerprint density at radius 1 is 1.54 bits per heavy atom. The fourth-order valence-corrected chi connectivity index (χ4v) is 0.916. The molecule has 0 aromatic heterocycles. The van der Waals surface area contributed by atoms with Crippen molar-refractivity contribution in [3.8, 4) is 0 Å². The number of ether oxygens (including phenoxy) is 2. The molecule has 1 atom stereocenters. The Balaban J connectivity index is 3.82. The molecule has 0 bridgehead atoms. The molecule has 0 aromatic carbocycles. The predicted octanol–water partition coefficient (Wildman–Crippen LogP) is 2.13. The van der Waals surface area contributed by atoms with Crippen LogP contribution in [-0.4, -0.2) is 30.1 Å². The third kappa shape index (κ3) is 5.26. The van der Waals surface area contributed by atoms with Crippen molar-refractivity contribution in [1.82, 2.24) is 0 Å². The minimum atomic E-state index is -0.372. The number of esters is 1. The molecule has 0 N–H and O–H groups in total. The zero-order chi connectivity index (χ0) is 10.5. The fourth-order valence-electron chi connectivity index (χ4n) is 0.597. The Morgan fingerprint density at radius 2 is 2.08 bits per heavy atom. The second kappa shape index (κ2) is 5.60. The van der Waals surface area contributed by atoms with Gasteiger partial charge in [-0.25, -0.2) is 0 Å². The number of halogens is 1. The first-order chi connectivity index (χ1) is 5.93. The maximum absolute atomic E-state index is 11.0. The molecular weight excluding hydrogens is 236 g/mol. The molecular formula is C9H17BrO3. The van der Waals surface area contributed by atoms with Crippen molar-refractivity contribution in [3.05, 3.63) is 0 Å². The standard InChI is InChI=1S/C9H17BrO3/c1-5-9(2,3)13-6-7(10)8(11)12-4/h7H,5-6H2,1-4H3. The summed E-state index contributed by atoms with van der Waals surface area (Å²) in [4.78, 5) is 10.6. The molecule has 13 heavy (non-hydrogen) atoms. The second-order valence-electron chi connectivity index (χ2n) is 3.41. The van der Waals surface area contributed by atoms with Crippen molar-refractivity contribution < 1.29 is 14.3 Å². The minimum Gasteiger partial charge on any atom is -0.468 e. The van der Waals surface area contributed by atoms with Crippen molar-refractivity contribution >= 4 is 21.9 Å². The zero-order valence-corrected chi connectivity index (χ0v) is 10.2. The van der Waals surface area contributed by atoms with Gasteiger partial charge in [-0.2, -0.15) is 0 Å². The van der Waals surface area contributed by atoms with E-state index in [1.54, 1.807) is 0 Å². The largest absolute Gasteiger partial charge is 0.468 e. The van der Waals surface area contributed by atoms with E-state index < -0.39 is 0 Å². The van der Waals surface area contributed by atoms with Crippen LogP contribution in [0.3, 0.4) is 0 Å². The molecule has 0 saturated heterocycles. The van der Waals surface area contributed by atoms with Gasteiger partial charge in [0.1, 0.15) is 4.83 Å². The molecule has 0 aliphatic rings. The van der Waals surface area contributed by atoms with Gasteiger partial charge in [0.25, 0.3) is 0 Å². The van der Waals surface area contributed by atoms with Crippen LogP contribution in [0.1, 0.15) is 27.2 Å². The molecule has 0 fully saturated rings. The molecule has 0 spiro atoms. The second-order valence-corrected chi connectivity index (χ2v) is 4.52. The summed E-state index contributed by atoms with van der Waals surface area (Å²) in [6, 6.07) is 0. The molecule has 4 heteroatoms. The van der Waals surface area contributed by atoms with Gasteiger partial charge < -0.3 is 9.47 Å². The van der Waals surface area contributed by atoms with Gasteiger partial charge in [0.05, 0.1) is 19.3 Å². The van der Waals surface area contributed by atoms with Gasteiger partial charge >= 0.3 is 5.97 Å². The number of rotatable bonds is 5. The Morgan fingerprint density at radius 3 is 2.46 bits per heavy atom. The zero-order valence-electron chi connectivity index (χ0n) is 8.59. The molecule has 0 aromatic rings. The highest BCUT2D eigenvalue weighted by molar-refractivity contribution is 9.10. The normalized spacial score (nSPS) is 13.9. The van der Waals surface area contributed by atoms with Crippen LogP contribution in [-0.2, 0) is 14.3 Å². The van der Waals surface area contributed by atoms with Crippen molar-refractivity contribution in [2.24, 2.45) is 0 Å². The van der Waals surface area contributed by atoms with Crippen molar-refractivity contribution in [2.75, 3.05) is 13.7 Å². The molecule has 0 saturated carbocycles. The molecule has 0 rings (SSSR count). The van der Waals surface area contributed by atoms with Crippen molar-refractivity contribution in [2.45, 2.75) is 37.6 Å². The molecule has 0 amide bonds. The Hall–Kier alpha value is -0.0900. The van der Waals surface area contributed by atoms with Crippen molar-refractivity contribution in [1.29, 1.82) is 0 Å². The molecule has 3 nitrogen and oxygen atoms in total. The maximum atomic E-state index is 11.0. The summed E-state index contributed by atoms with van der Waals surface area (Å²) in [5.41, 5.74) is -0.181. The van der Waals surface area contributed by atoms with E-state index in [1.807, 2.05) is 20.8 Å². The first-order valence-electron chi connectivity index (χ1n) is 4.29. The average molecular weight is 253 g/mol. The van der Waals surface area contributed by atoms with Crippen LogP contribution in [0.15, 0.2) is 0 Å². The first kappa shape index (κ1) is 12.9. The van der Waals surface area contributed by atoms with Gasteiger partial charge in [0.2, 0.25) is 0 Å². The maximum Gasteiger partial charge on any atom is 0.321 e. The Kier molecular flexibility index (Phi) is 5.56. The lowest BCUT2D eigenvalue weighted by atomic mass is 10.1. The van der Waals surface area contributed by atoms with Crippen LogP contribution in [0.25, 0.3) is 0 Å². The molecule has 0 aliphatic carbocycles. The molecule has 0 radical (unpaired) electrons. The SMILES string of the molecule is CCC(C)(C)OCC(Br)C(=O)OC. The lowest BCUT2D eigenvalue weighted by Gasteiger charge is -2.24. The van der Waals surface area contributed by atoms with Gasteiger partial charge in [-0.1, -0.05) is 22.9 Å². The van der Waals surface area contributed by atoms with Crippen molar-refractivity contribution in [3.63, 3.8) is 0 Å². The summed E-state index contributed by atoms with van der Waals surface area (Å²) in [6.07, 6.45) is 0.911. The molecule has 0 aliphatic heterocycles. The van der Waals surface area contributed by atoms with E-state index >= 15 is 0 Å². The van der Waals surface area contributed by atoms with E-state index in [1.165, 1.54) is 7.11 Å². The van der Waals surface area contributed by atoms with Crippen LogP contribution < -0.4 is 0 Å². The summed E-state index contributed by atoms with van der Waals surface area (Å²) in [6.45, 7) is 6.36. The molecule has 0 heterocycles. The highest BCUT2D eigenvalue weighted by Crippen LogP contribution is 2.15. The number of methoxy groups -OCH3 is 1. The van der Waals surface area contributed by atoms with Crippen LogP contribution >= 0.6 is 15.9 Å². The summed E-state index contributed by atoms with van der Waals surface area (Å²) >= 11 is 3.19. The summed E-state index contributed by atoms with van der Waals surface area (Å²) < 4.78 is 10.1. The Bertz CT molecular complexity index is 168. The molecule has 78 valence electrons. The quantitative estimate of drug-likeness (QED) is 0.556. The highest BCUT2D eigenvalue weighted by Gasteiger charge is 2.21. The topological polar surface area (TPSA) is 35.5 Å². The third-order valence-electron chi connectivity index (χ3n) is 1.93. The van der Waals surface area contributed by atoms with Crippen LogP contribution in [0.2, 0.25) is 0 Å². The van der Waals surface area contributed by atoms with Gasteiger partial charge in [0, 0.05) is 0 Å². The van der Waals surface area contributed by atoms with E-state index in [-0.39, 0.29) is 16.4 Å². The number of alkyl halides is 1. The highest BCUT2D eigenvalue weighted by atomic mass is 79.9. The average Bonchev–Trinajstić information content (AvgIpc) is 2.13. The third-order valence-corrected chi connectivity index (χ3v) is 2.57. The van der Waals surface area contributed by atoms with Gasteiger partial charge in [-0.3, -0.25) is 4.79 Å². The number of hydrogen-bond acceptors (Lipinski definition) is 3. The van der Waals surface area contributed by atoms with E-state index in [4.69, 9.17) is 4.74 Å². The summed E-state index contributed by atoms with van der Waals surface area (Å²) in [5, 5.41) is 0. The summed E-state index contributed by atoms with van der Waals surface area (Å²) in [5.74, 6) is -0.299. The minimum absolute atomic E-state index is 0.181. The van der Waals surface area contributed by atoms with Crippen LogP contribution in [0, 0.1) is 0 Å². The van der Waals surface area contributed by atoms with Crippen LogP contribution in [0.4, 0.5) is 0 Å². The summed E-state index contributed by atoms with van der Waals surface area (Å²) in [7, 11) is 1.36. The first-order valence-corrected chi connectivity index (χ1v) is 5.20. The fraction of sp³-hybridized carbons (Fsp3) is 0.889.